The summed E-state index contributed by atoms with van der Waals surface area (Å²) in [5.74, 6) is -3.71. The molecule has 1 aromatic heterocycles. The fraction of sp³-hybridized carbons (Fsp3) is 0.409. The first-order valence-corrected chi connectivity index (χ1v) is 14.6. The van der Waals surface area contributed by atoms with Crippen LogP contribution in [0.25, 0.3) is 0 Å². The number of nitrogens with one attached hydrogen (secondary N) is 1. The zero-order chi connectivity index (χ0) is 28.6. The summed E-state index contributed by atoms with van der Waals surface area (Å²) in [6, 6.07) is 8.20. The Morgan fingerprint density at radius 2 is 1.68 bits per heavy atom. The summed E-state index contributed by atoms with van der Waals surface area (Å²) in [5.41, 5.74) is -2.18. The van der Waals surface area contributed by atoms with E-state index in [0.29, 0.717) is 0 Å². The predicted octanol–water partition coefficient (Wildman–Crippen LogP) is 4.90. The van der Waals surface area contributed by atoms with Crippen LogP contribution in [0.1, 0.15) is 18.5 Å². The molecule has 1 unspecified atom stereocenters. The van der Waals surface area contributed by atoms with Gasteiger partial charge in [-0.15, -0.1) is 0 Å². The molecule has 0 bridgehead atoms. The van der Waals surface area contributed by atoms with E-state index in [1.54, 1.807) is 6.07 Å². The lowest BCUT2D eigenvalue weighted by Gasteiger charge is -2.46. The number of benzene rings is 1. The van der Waals surface area contributed by atoms with Crippen LogP contribution in [0, 0.1) is 14.9 Å². The molecule has 7 nitrogen and oxygen atoms in total. The number of hydrogen-bond donors (Lipinski definition) is 1. The normalized spacial score (nSPS) is 16.3. The molecule has 2 aromatic rings. The zero-order valence-corrected chi connectivity index (χ0v) is 24.2. The summed E-state index contributed by atoms with van der Waals surface area (Å²) in [4.78, 5) is 17.0. The maximum atomic E-state index is 14.4. The Kier molecular flexibility index (Phi) is 8.83. The fourth-order valence-electron chi connectivity index (χ4n) is 3.61. The van der Waals surface area contributed by atoms with Crippen molar-refractivity contribution in [3.63, 3.8) is 0 Å². The van der Waals surface area contributed by atoms with E-state index < -0.39 is 60.4 Å². The zero-order valence-electron chi connectivity index (χ0n) is 19.0. The number of hydrogen-bond acceptors (Lipinski definition) is 6. The van der Waals surface area contributed by atoms with Crippen molar-refractivity contribution in [2.45, 2.75) is 46.1 Å². The minimum absolute atomic E-state index is 0.0180. The number of alkyl halides is 7. The van der Waals surface area contributed by atoms with Crippen LogP contribution in [-0.4, -0.2) is 52.5 Å². The van der Waals surface area contributed by atoms with Crippen LogP contribution in [0.15, 0.2) is 48.7 Å². The Morgan fingerprint density at radius 1 is 1.11 bits per heavy atom. The lowest BCUT2D eigenvalue weighted by Crippen LogP contribution is -2.70. The Bertz CT molecular complexity index is 1320. The summed E-state index contributed by atoms with van der Waals surface area (Å²) in [5, 5.41) is 11.6. The van der Waals surface area contributed by atoms with E-state index in [2.05, 4.69) is 10.3 Å². The van der Waals surface area contributed by atoms with Gasteiger partial charge in [-0.05, 0) is 82.3 Å². The lowest BCUT2D eigenvalue weighted by atomic mass is 10.1. The maximum Gasteiger partial charge on any atom is 0.430 e. The van der Waals surface area contributed by atoms with Crippen molar-refractivity contribution in [1.82, 2.24) is 10.3 Å². The van der Waals surface area contributed by atoms with Gasteiger partial charge in [0.05, 0.1) is 29.0 Å². The highest BCUT2D eigenvalue weighted by molar-refractivity contribution is 14.1. The highest BCUT2D eigenvalue weighted by Crippen LogP contribution is 2.54. The van der Waals surface area contributed by atoms with Crippen molar-refractivity contribution < 1.29 is 39.6 Å². The molecular formula is C22H18F6I2N4O3S. The third-order valence-corrected chi connectivity index (χ3v) is 9.86. The Morgan fingerprint density at radius 3 is 2.16 bits per heavy atom. The number of halogens is 8. The minimum atomic E-state index is -6.01. The summed E-state index contributed by atoms with van der Waals surface area (Å²) < 4.78 is 108. The van der Waals surface area contributed by atoms with Crippen molar-refractivity contribution in [1.29, 1.82) is 5.26 Å². The van der Waals surface area contributed by atoms with Crippen molar-refractivity contribution in [3.05, 3.63) is 57.9 Å². The highest BCUT2D eigenvalue weighted by Gasteiger charge is 2.74. The quantitative estimate of drug-likeness (QED) is 0.168. The number of rotatable bonds is 9. The van der Waals surface area contributed by atoms with E-state index in [9.17, 15) is 44.8 Å². The molecule has 206 valence electrons. The fourth-order valence-corrected chi connectivity index (χ4v) is 6.38. The van der Waals surface area contributed by atoms with Crippen molar-refractivity contribution >= 4 is 66.6 Å². The smallest absolute Gasteiger partial charge is 0.336 e. The Labute approximate surface area is 241 Å². The SMILES string of the molecule is N#CC1(NC(=O)C(CS(=O)(=O)Cc2ccccn2)N(c2ccccc2I)C(I)(C(F)(F)F)C(F)(F)F)CC1. The van der Waals surface area contributed by atoms with Gasteiger partial charge in [-0.2, -0.15) is 31.6 Å². The number of pyridine rings is 1. The number of nitriles is 1. The van der Waals surface area contributed by atoms with E-state index >= 15 is 0 Å². The molecule has 1 aliphatic rings. The summed E-state index contributed by atoms with van der Waals surface area (Å²) >= 11 is 1.69. The number of nitrogens with zero attached hydrogens (tertiary/aromatic N) is 3. The van der Waals surface area contributed by atoms with Gasteiger partial charge in [0.15, 0.2) is 9.84 Å². The van der Waals surface area contributed by atoms with Gasteiger partial charge in [-0.1, -0.05) is 18.2 Å². The molecule has 0 spiro atoms. The summed E-state index contributed by atoms with van der Waals surface area (Å²) in [6.07, 6.45) is -10.5. The second-order valence-corrected chi connectivity index (χ2v) is 13.3. The van der Waals surface area contributed by atoms with Gasteiger partial charge >= 0.3 is 12.4 Å². The first-order chi connectivity index (χ1) is 17.5. The van der Waals surface area contributed by atoms with E-state index in [-0.39, 0.29) is 49.6 Å². The number of amides is 1. The van der Waals surface area contributed by atoms with Crippen LogP contribution in [-0.2, 0) is 20.4 Å². The second kappa shape index (κ2) is 10.9. The summed E-state index contributed by atoms with van der Waals surface area (Å²) in [7, 11) is -4.53. The van der Waals surface area contributed by atoms with E-state index in [1.165, 1.54) is 65.2 Å². The van der Waals surface area contributed by atoms with Gasteiger partial charge in [-0.25, -0.2) is 8.42 Å². The molecule has 3 rings (SSSR count). The number of aromatic nitrogens is 1. The van der Waals surface area contributed by atoms with Crippen LogP contribution in [0.3, 0.4) is 0 Å². The van der Waals surface area contributed by atoms with Crippen LogP contribution in [0.5, 0.6) is 0 Å². The van der Waals surface area contributed by atoms with Crippen LogP contribution in [0.2, 0.25) is 0 Å². The average molecular weight is 786 g/mol. The average Bonchev–Trinajstić information content (AvgIpc) is 3.58. The number of anilines is 1. The molecular weight excluding hydrogens is 768 g/mol. The highest BCUT2D eigenvalue weighted by atomic mass is 127. The van der Waals surface area contributed by atoms with E-state index in [1.807, 2.05) is 0 Å². The molecule has 16 heteroatoms. The standard InChI is InChI=1S/C22H18F6I2N4O3S/c23-21(24,25)20(30,22(26,27)28)34(16-7-2-1-6-15(16)29)17(18(35)33-19(13-31)8-9-19)12-38(36,37)11-14-5-3-4-10-32-14/h1-7,10,17H,8-9,11-12H2,(H,33,35). The number of carbonyl (C=O) groups is 1. The van der Waals surface area contributed by atoms with Gasteiger partial charge in [0.25, 0.3) is 3.55 Å². The van der Waals surface area contributed by atoms with Crippen LogP contribution in [0.4, 0.5) is 32.0 Å². The molecule has 1 fully saturated rings. The molecule has 1 N–H and O–H groups in total. The molecule has 1 saturated carbocycles. The maximum absolute atomic E-state index is 14.4. The van der Waals surface area contributed by atoms with Gasteiger partial charge in [-0.3, -0.25) is 9.78 Å². The Hall–Kier alpha value is -1.88. The van der Waals surface area contributed by atoms with Gasteiger partial charge in [0.1, 0.15) is 11.6 Å². The molecule has 1 amide bonds. The van der Waals surface area contributed by atoms with Crippen LogP contribution >= 0.6 is 45.2 Å². The lowest BCUT2D eigenvalue weighted by molar-refractivity contribution is -0.258. The minimum Gasteiger partial charge on any atom is -0.336 e. The molecule has 0 radical (unpaired) electrons. The van der Waals surface area contributed by atoms with Crippen molar-refractivity contribution in [2.75, 3.05) is 10.7 Å². The molecule has 38 heavy (non-hydrogen) atoms. The van der Waals surface area contributed by atoms with Crippen LogP contribution < -0.4 is 10.2 Å². The van der Waals surface area contributed by atoms with E-state index in [0.717, 1.165) is 6.07 Å². The molecule has 1 aromatic carbocycles. The monoisotopic (exact) mass is 786 g/mol. The predicted molar refractivity (Wildman–Crippen MR) is 142 cm³/mol. The molecule has 0 aliphatic heterocycles. The first-order valence-electron chi connectivity index (χ1n) is 10.7. The molecule has 1 atom stereocenters. The van der Waals surface area contributed by atoms with Crippen molar-refractivity contribution in [3.8, 4) is 6.07 Å². The summed E-state index contributed by atoms with van der Waals surface area (Å²) in [6.45, 7) is 0. The van der Waals surface area contributed by atoms with Gasteiger partial charge in [0.2, 0.25) is 5.91 Å². The number of para-hydroxylation sites is 1. The third kappa shape index (κ3) is 6.46. The molecule has 0 saturated heterocycles. The van der Waals surface area contributed by atoms with E-state index in [4.69, 9.17) is 0 Å². The first kappa shape index (κ1) is 30.7. The molecule has 1 heterocycles. The topological polar surface area (TPSA) is 103 Å². The third-order valence-electron chi connectivity index (χ3n) is 5.64. The van der Waals surface area contributed by atoms with Gasteiger partial charge < -0.3 is 10.2 Å². The number of carbonyl (C=O) groups excluding carboxylic acids is 1. The Balaban J connectivity index is 2.24. The largest absolute Gasteiger partial charge is 0.430 e. The second-order valence-electron chi connectivity index (χ2n) is 8.51. The van der Waals surface area contributed by atoms with Gasteiger partial charge in [0, 0.05) is 9.77 Å². The molecule has 1 aliphatic carbocycles. The van der Waals surface area contributed by atoms with Crippen molar-refractivity contribution in [2.24, 2.45) is 0 Å². The number of sulfone groups is 1.